The average molecular weight is 876 g/mol. The SMILES string of the molecule is CC(C)c1cccc(C(C)C)c1N1/C(=C/C=C2C(=O)c3cc4ccccc4cc3C2=O)N(c2cc(C=C3C(=O)c4cc5ccccc5cc4C3=O)ccc2N(C)C)c2nc3ccccc3nc21. The zero-order valence-corrected chi connectivity index (χ0v) is 38.0. The molecule has 67 heavy (non-hydrogen) atoms. The van der Waals surface area contributed by atoms with Crippen molar-refractivity contribution in [3.05, 3.63) is 202 Å². The Balaban J connectivity index is 1.16. The highest BCUT2D eigenvalue weighted by molar-refractivity contribution is 6.42. The summed E-state index contributed by atoms with van der Waals surface area (Å²) in [5.74, 6) is 0.527. The first kappa shape index (κ1) is 41.4. The van der Waals surface area contributed by atoms with Crippen molar-refractivity contribution in [3.63, 3.8) is 0 Å². The quantitative estimate of drug-likeness (QED) is 0.114. The fourth-order valence-corrected chi connectivity index (χ4v) is 9.79. The zero-order valence-electron chi connectivity index (χ0n) is 38.0. The fourth-order valence-electron chi connectivity index (χ4n) is 9.79. The maximum atomic E-state index is 14.3. The molecular weight excluding hydrogens is 831 g/mol. The normalized spacial score (nSPS) is 15.0. The number of rotatable bonds is 7. The van der Waals surface area contributed by atoms with Gasteiger partial charge in [0, 0.05) is 36.3 Å². The molecule has 0 spiro atoms. The summed E-state index contributed by atoms with van der Waals surface area (Å²) in [6, 6.07) is 42.6. The van der Waals surface area contributed by atoms with Crippen LogP contribution in [-0.2, 0) is 0 Å². The summed E-state index contributed by atoms with van der Waals surface area (Å²) in [6.07, 6.45) is 5.15. The van der Waals surface area contributed by atoms with Gasteiger partial charge in [0.1, 0.15) is 5.82 Å². The summed E-state index contributed by atoms with van der Waals surface area (Å²) in [7, 11) is 3.91. The number of hydrogen-bond donors (Lipinski definition) is 0. The Labute approximate surface area is 388 Å². The zero-order chi connectivity index (χ0) is 46.4. The second-order valence-electron chi connectivity index (χ2n) is 18.2. The molecule has 3 aliphatic rings. The van der Waals surface area contributed by atoms with Crippen LogP contribution in [-0.4, -0.2) is 47.2 Å². The van der Waals surface area contributed by atoms with Crippen molar-refractivity contribution in [2.24, 2.45) is 0 Å². The van der Waals surface area contributed by atoms with Crippen molar-refractivity contribution in [1.29, 1.82) is 0 Å². The van der Waals surface area contributed by atoms with Crippen LogP contribution < -0.4 is 14.7 Å². The van der Waals surface area contributed by atoms with Gasteiger partial charge in [-0.3, -0.25) is 29.0 Å². The Bertz CT molecular complexity index is 3470. The van der Waals surface area contributed by atoms with Crippen LogP contribution in [0.2, 0.25) is 0 Å². The number of carbonyl (C=O) groups excluding carboxylic acids is 4. The van der Waals surface area contributed by atoms with Crippen molar-refractivity contribution in [3.8, 4) is 0 Å². The summed E-state index contributed by atoms with van der Waals surface area (Å²) >= 11 is 0. The first-order valence-electron chi connectivity index (χ1n) is 22.6. The van der Waals surface area contributed by atoms with Crippen molar-refractivity contribution < 1.29 is 19.2 Å². The lowest BCUT2D eigenvalue weighted by Crippen LogP contribution is -2.26. The minimum absolute atomic E-state index is 0.0535. The average Bonchev–Trinajstić information content (AvgIpc) is 3.85. The second-order valence-corrected chi connectivity index (χ2v) is 18.2. The summed E-state index contributed by atoms with van der Waals surface area (Å²) in [5.41, 5.74) is 8.22. The summed E-state index contributed by atoms with van der Waals surface area (Å²) in [5, 5.41) is 3.54. The number of fused-ring (bicyclic) bond motifs is 6. The molecule has 2 aliphatic carbocycles. The number of hydrogen-bond acceptors (Lipinski definition) is 9. The molecule has 0 saturated carbocycles. The third-order valence-electron chi connectivity index (χ3n) is 13.1. The Morgan fingerprint density at radius 2 is 0.940 bits per heavy atom. The fraction of sp³-hybridized carbons (Fsp3) is 0.138. The van der Waals surface area contributed by atoms with Gasteiger partial charge in [0.15, 0.2) is 34.8 Å². The molecule has 9 nitrogen and oxygen atoms in total. The van der Waals surface area contributed by atoms with E-state index in [-0.39, 0.29) is 46.1 Å². The number of anilines is 5. The minimum atomic E-state index is -0.342. The Kier molecular flexibility index (Phi) is 9.70. The van der Waals surface area contributed by atoms with E-state index >= 15 is 0 Å². The number of ketones is 4. The van der Waals surface area contributed by atoms with Gasteiger partial charge in [0.05, 0.1) is 39.2 Å². The standard InChI is InChI=1S/C58H45N5O4/c1-32(2)39-18-13-19-40(33(3)4)52(39)63-51(25-23-41-53(64)42-28-35-14-7-8-15-36(35)29-43(42)54(41)65)62(57-58(63)60-48-21-12-11-20-47(48)59-57)50-27-34(22-24-49(50)61(5)6)26-46-55(66)44-30-37-16-9-10-17-38(37)31-45(44)56(46)67/h7-33H,1-6H3/b51-25+. The maximum Gasteiger partial charge on any atom is 0.197 e. The summed E-state index contributed by atoms with van der Waals surface area (Å²) in [4.78, 5) is 73.7. The largest absolute Gasteiger partial charge is 0.376 e. The van der Waals surface area contributed by atoms with Gasteiger partial charge in [-0.15, -0.1) is 0 Å². The third-order valence-corrected chi connectivity index (χ3v) is 13.1. The van der Waals surface area contributed by atoms with Crippen LogP contribution in [0.1, 0.15) is 97.7 Å². The van der Waals surface area contributed by atoms with Crippen LogP contribution in [0.3, 0.4) is 0 Å². The van der Waals surface area contributed by atoms with E-state index in [2.05, 4.69) is 50.8 Å². The van der Waals surface area contributed by atoms with E-state index in [9.17, 15) is 19.2 Å². The molecule has 0 radical (unpaired) electrons. The number of para-hydroxylation sites is 3. The Hall–Kier alpha value is -8.30. The van der Waals surface area contributed by atoms with E-state index < -0.39 is 0 Å². The predicted octanol–water partition coefficient (Wildman–Crippen LogP) is 12.8. The van der Waals surface area contributed by atoms with Gasteiger partial charge in [-0.25, -0.2) is 9.97 Å². The second kappa shape index (κ2) is 15.7. The number of nitrogens with zero attached hydrogens (tertiary/aromatic N) is 5. The van der Waals surface area contributed by atoms with Gasteiger partial charge in [-0.05, 0) is 117 Å². The molecule has 1 aliphatic heterocycles. The minimum Gasteiger partial charge on any atom is -0.376 e. The van der Waals surface area contributed by atoms with Crippen molar-refractivity contribution in [2.45, 2.75) is 39.5 Å². The molecule has 0 saturated heterocycles. The Morgan fingerprint density at radius 3 is 1.40 bits per heavy atom. The number of Topliss-reactive ketones (excluding diaryl/α,β-unsaturated/α-hetero) is 4. The molecule has 9 heteroatoms. The van der Waals surface area contributed by atoms with E-state index in [1.807, 2.05) is 121 Å². The number of aromatic nitrogens is 2. The highest BCUT2D eigenvalue weighted by Crippen LogP contribution is 2.53. The third kappa shape index (κ3) is 6.60. The molecule has 0 amide bonds. The predicted molar refractivity (Wildman–Crippen MR) is 269 cm³/mol. The van der Waals surface area contributed by atoms with Gasteiger partial charge in [0.2, 0.25) is 0 Å². The van der Waals surface area contributed by atoms with Gasteiger partial charge in [-0.1, -0.05) is 113 Å². The maximum absolute atomic E-state index is 14.3. The molecule has 7 aromatic carbocycles. The van der Waals surface area contributed by atoms with E-state index in [1.165, 1.54) is 0 Å². The molecule has 0 fully saturated rings. The van der Waals surface area contributed by atoms with Crippen LogP contribution in [0.25, 0.3) is 38.7 Å². The van der Waals surface area contributed by atoms with Gasteiger partial charge in [0.25, 0.3) is 0 Å². The molecule has 0 atom stereocenters. The Morgan fingerprint density at radius 1 is 0.493 bits per heavy atom. The van der Waals surface area contributed by atoms with E-state index in [1.54, 1.807) is 36.4 Å². The lowest BCUT2D eigenvalue weighted by molar-refractivity contribution is 0.0974. The smallest absolute Gasteiger partial charge is 0.197 e. The highest BCUT2D eigenvalue weighted by atomic mass is 16.2. The number of allylic oxidation sites excluding steroid dienone is 4. The molecule has 2 heterocycles. The monoisotopic (exact) mass is 875 g/mol. The van der Waals surface area contributed by atoms with Crippen LogP contribution in [0.15, 0.2) is 163 Å². The van der Waals surface area contributed by atoms with Crippen molar-refractivity contribution >= 4 is 90.5 Å². The lowest BCUT2D eigenvalue weighted by atomic mass is 9.92. The molecular formula is C58H45N5O4. The molecule has 0 bridgehead atoms. The molecule has 8 aromatic rings. The van der Waals surface area contributed by atoms with Crippen LogP contribution in [0.5, 0.6) is 0 Å². The van der Waals surface area contributed by atoms with Crippen LogP contribution in [0.4, 0.5) is 28.7 Å². The molecule has 0 unspecified atom stereocenters. The molecule has 11 rings (SSSR count). The lowest BCUT2D eigenvalue weighted by Gasteiger charge is -2.31. The summed E-state index contributed by atoms with van der Waals surface area (Å²) < 4.78 is 0. The van der Waals surface area contributed by atoms with E-state index in [0.29, 0.717) is 62.0 Å². The van der Waals surface area contributed by atoms with Crippen molar-refractivity contribution in [1.82, 2.24) is 9.97 Å². The topological polar surface area (TPSA) is 104 Å². The van der Waals surface area contributed by atoms with Gasteiger partial charge in [-0.2, -0.15) is 0 Å². The van der Waals surface area contributed by atoms with Gasteiger partial charge < -0.3 is 4.90 Å². The molecule has 326 valence electrons. The van der Waals surface area contributed by atoms with Crippen LogP contribution >= 0.6 is 0 Å². The van der Waals surface area contributed by atoms with E-state index in [0.717, 1.165) is 44.0 Å². The van der Waals surface area contributed by atoms with Crippen LogP contribution in [0, 0.1) is 0 Å². The van der Waals surface area contributed by atoms with Crippen molar-refractivity contribution in [2.75, 3.05) is 28.8 Å². The number of carbonyl (C=O) groups is 4. The first-order chi connectivity index (χ1) is 32.4. The summed E-state index contributed by atoms with van der Waals surface area (Å²) in [6.45, 7) is 8.67. The first-order valence-corrected chi connectivity index (χ1v) is 22.6. The highest BCUT2D eigenvalue weighted by Gasteiger charge is 2.41. The number of benzene rings is 7. The molecule has 0 N–H and O–H groups in total. The van der Waals surface area contributed by atoms with E-state index in [4.69, 9.17) is 9.97 Å². The van der Waals surface area contributed by atoms with Gasteiger partial charge >= 0.3 is 0 Å². The molecule has 1 aromatic heterocycles.